The van der Waals surface area contributed by atoms with Crippen molar-refractivity contribution in [3.8, 4) is 90.3 Å². The van der Waals surface area contributed by atoms with Crippen LogP contribution in [0.4, 0.5) is 0 Å². The van der Waals surface area contributed by atoms with Gasteiger partial charge in [0, 0.05) is 38.9 Å². The summed E-state index contributed by atoms with van der Waals surface area (Å²) >= 11 is 0. The summed E-state index contributed by atoms with van der Waals surface area (Å²) < 4.78 is 0. The van der Waals surface area contributed by atoms with E-state index in [9.17, 15) is 0 Å². The Balaban J connectivity index is 1.12. The third-order valence-corrected chi connectivity index (χ3v) is 10.4. The van der Waals surface area contributed by atoms with Crippen LogP contribution in [0.1, 0.15) is 0 Å². The van der Waals surface area contributed by atoms with Gasteiger partial charge in [-0.05, 0) is 39.6 Å². The number of hydrogen-bond acceptors (Lipinski definition) is 5. The van der Waals surface area contributed by atoms with Crippen molar-refractivity contribution in [2.45, 2.75) is 0 Å². The second-order valence-electron chi connectivity index (χ2n) is 14.1. The van der Waals surface area contributed by atoms with Gasteiger partial charge in [-0.3, -0.25) is 0 Å². The van der Waals surface area contributed by atoms with E-state index in [1.165, 1.54) is 0 Å². The van der Waals surface area contributed by atoms with Crippen LogP contribution in [0.2, 0.25) is 0 Å². The molecule has 58 heavy (non-hydrogen) atoms. The Morgan fingerprint density at radius 1 is 0.241 bits per heavy atom. The molecule has 0 bridgehead atoms. The molecule has 5 heteroatoms. The lowest BCUT2D eigenvalue weighted by molar-refractivity contribution is 1.07. The third kappa shape index (κ3) is 6.82. The Bertz CT molecular complexity index is 2910. The molecule has 272 valence electrons. The minimum Gasteiger partial charge on any atom is -0.228 e. The maximum absolute atomic E-state index is 5.16. The maximum atomic E-state index is 5.16. The van der Waals surface area contributed by atoms with Crippen molar-refractivity contribution in [2.24, 2.45) is 0 Å². The molecule has 5 nitrogen and oxygen atoms in total. The first-order valence-corrected chi connectivity index (χ1v) is 19.3. The summed E-state index contributed by atoms with van der Waals surface area (Å²) in [5.41, 5.74) is 11.9. The predicted octanol–water partition coefficient (Wildman–Crippen LogP) is 13.2. The molecule has 0 aliphatic heterocycles. The molecule has 0 spiro atoms. The Kier molecular flexibility index (Phi) is 9.14. The molecule has 0 unspecified atom stereocenters. The zero-order chi connectivity index (χ0) is 38.7. The molecule has 0 aliphatic carbocycles. The van der Waals surface area contributed by atoms with Crippen molar-refractivity contribution in [1.82, 2.24) is 24.9 Å². The molecule has 2 aromatic heterocycles. The van der Waals surface area contributed by atoms with E-state index >= 15 is 0 Å². The monoisotopic (exact) mass is 741 g/mol. The molecule has 8 aromatic carbocycles. The first-order valence-electron chi connectivity index (χ1n) is 19.3. The van der Waals surface area contributed by atoms with E-state index in [1.54, 1.807) is 0 Å². The average Bonchev–Trinajstić information content (AvgIpc) is 3.32. The Labute approximate surface area is 337 Å². The Morgan fingerprint density at radius 2 is 0.655 bits per heavy atom. The van der Waals surface area contributed by atoms with Gasteiger partial charge in [-0.1, -0.05) is 200 Å². The van der Waals surface area contributed by atoms with Gasteiger partial charge in [-0.2, -0.15) is 0 Å². The maximum Gasteiger partial charge on any atom is 0.164 e. The van der Waals surface area contributed by atoms with Crippen LogP contribution in [0.5, 0.6) is 0 Å². The van der Waals surface area contributed by atoms with Gasteiger partial charge in [0.05, 0.1) is 11.4 Å². The van der Waals surface area contributed by atoms with E-state index < -0.39 is 0 Å². The van der Waals surface area contributed by atoms with Gasteiger partial charge >= 0.3 is 0 Å². The molecule has 0 saturated carbocycles. The lowest BCUT2D eigenvalue weighted by atomic mass is 9.87. The van der Waals surface area contributed by atoms with E-state index in [0.29, 0.717) is 23.3 Å². The van der Waals surface area contributed by atoms with Crippen LogP contribution in [-0.4, -0.2) is 24.9 Å². The summed E-state index contributed by atoms with van der Waals surface area (Å²) in [5, 5.41) is 2.25. The van der Waals surface area contributed by atoms with Crippen LogP contribution < -0.4 is 0 Å². The second-order valence-corrected chi connectivity index (χ2v) is 14.1. The molecule has 0 N–H and O–H groups in total. The quantitative estimate of drug-likeness (QED) is 0.155. The van der Waals surface area contributed by atoms with E-state index in [1.807, 2.05) is 97.1 Å². The van der Waals surface area contributed by atoms with E-state index in [4.69, 9.17) is 24.9 Å². The molecule has 10 aromatic rings. The van der Waals surface area contributed by atoms with Gasteiger partial charge in [0.15, 0.2) is 23.3 Å². The lowest BCUT2D eigenvalue weighted by Crippen LogP contribution is -2.01. The summed E-state index contributed by atoms with van der Waals surface area (Å²) in [6.07, 6.45) is 0. The SMILES string of the molecule is c1ccc(-c2cc(-c3ccccc3)nc(-c3ccc(-c4ccccc4-c4c(-c5nc(-c6ccccc6)nc(-c6ccccc6)n5)ccc5ccccc45)cc3)n2)cc1. The zero-order valence-electron chi connectivity index (χ0n) is 31.4. The largest absolute Gasteiger partial charge is 0.228 e. The van der Waals surface area contributed by atoms with E-state index in [2.05, 4.69) is 115 Å². The second kappa shape index (κ2) is 15.3. The van der Waals surface area contributed by atoms with Crippen LogP contribution in [0.15, 0.2) is 212 Å². The molecular weight excluding hydrogens is 707 g/mol. The fraction of sp³-hybridized carbons (Fsp3) is 0. The van der Waals surface area contributed by atoms with Crippen molar-refractivity contribution in [3.63, 3.8) is 0 Å². The van der Waals surface area contributed by atoms with Gasteiger partial charge in [0.2, 0.25) is 0 Å². The third-order valence-electron chi connectivity index (χ3n) is 10.4. The average molecular weight is 742 g/mol. The first-order chi connectivity index (χ1) is 28.7. The minimum absolute atomic E-state index is 0.614. The molecule has 0 radical (unpaired) electrons. The van der Waals surface area contributed by atoms with Gasteiger partial charge in [-0.25, -0.2) is 24.9 Å². The summed E-state index contributed by atoms with van der Waals surface area (Å²) in [6, 6.07) is 72.9. The van der Waals surface area contributed by atoms with Gasteiger partial charge < -0.3 is 0 Å². The zero-order valence-corrected chi connectivity index (χ0v) is 31.4. The molecule has 0 aliphatic rings. The highest BCUT2D eigenvalue weighted by Crippen LogP contribution is 2.42. The predicted molar refractivity (Wildman–Crippen MR) is 236 cm³/mol. The summed E-state index contributed by atoms with van der Waals surface area (Å²) in [7, 11) is 0. The highest BCUT2D eigenvalue weighted by molar-refractivity contribution is 6.06. The fourth-order valence-corrected chi connectivity index (χ4v) is 7.52. The number of rotatable bonds is 8. The topological polar surface area (TPSA) is 64.5 Å². The molecule has 0 amide bonds. The Hall–Kier alpha value is -7.89. The van der Waals surface area contributed by atoms with Crippen LogP contribution in [0, 0.1) is 0 Å². The van der Waals surface area contributed by atoms with Crippen molar-refractivity contribution in [2.75, 3.05) is 0 Å². The summed E-state index contributed by atoms with van der Waals surface area (Å²) in [5.74, 6) is 2.54. The minimum atomic E-state index is 0.614. The van der Waals surface area contributed by atoms with Gasteiger partial charge in [-0.15, -0.1) is 0 Å². The Morgan fingerprint density at radius 3 is 1.22 bits per heavy atom. The number of aromatic nitrogens is 5. The molecule has 0 atom stereocenters. The summed E-state index contributed by atoms with van der Waals surface area (Å²) in [4.78, 5) is 25.4. The molecule has 0 saturated heterocycles. The highest BCUT2D eigenvalue weighted by atomic mass is 15.0. The van der Waals surface area contributed by atoms with Crippen molar-refractivity contribution >= 4 is 10.8 Å². The van der Waals surface area contributed by atoms with Crippen molar-refractivity contribution < 1.29 is 0 Å². The first kappa shape index (κ1) is 34.6. The lowest BCUT2D eigenvalue weighted by Gasteiger charge is -2.18. The van der Waals surface area contributed by atoms with Gasteiger partial charge in [0.1, 0.15) is 0 Å². The van der Waals surface area contributed by atoms with Gasteiger partial charge in [0.25, 0.3) is 0 Å². The normalized spacial score (nSPS) is 11.1. The molecule has 10 rings (SSSR count). The van der Waals surface area contributed by atoms with Crippen molar-refractivity contribution in [1.29, 1.82) is 0 Å². The molecule has 2 heterocycles. The number of nitrogens with zero attached hydrogens (tertiary/aromatic N) is 5. The van der Waals surface area contributed by atoms with Crippen LogP contribution in [-0.2, 0) is 0 Å². The van der Waals surface area contributed by atoms with Crippen molar-refractivity contribution in [3.05, 3.63) is 212 Å². The number of hydrogen-bond donors (Lipinski definition) is 0. The molecule has 0 fully saturated rings. The highest BCUT2D eigenvalue weighted by Gasteiger charge is 2.20. The van der Waals surface area contributed by atoms with Crippen LogP contribution >= 0.6 is 0 Å². The standard InChI is InChI=1S/C53H35N5/c1-5-18-38(19-6-1)47-35-48(39-20-7-2-8-21-39)55-50(54-47)42-31-29-37(30-32-42)43-26-15-16-28-45(43)49-44-27-14-13-17-36(44)33-34-46(49)53-57-51(40-22-9-3-10-23-40)56-52(58-53)41-24-11-4-12-25-41/h1-35H. The summed E-state index contributed by atoms with van der Waals surface area (Å²) in [6.45, 7) is 0. The molecular formula is C53H35N5. The van der Waals surface area contributed by atoms with Crippen LogP contribution in [0.3, 0.4) is 0 Å². The van der Waals surface area contributed by atoms with Crippen LogP contribution in [0.25, 0.3) is 101 Å². The fourth-order valence-electron chi connectivity index (χ4n) is 7.52. The smallest absolute Gasteiger partial charge is 0.164 e. The van der Waals surface area contributed by atoms with E-state index in [0.717, 1.165) is 77.8 Å². The number of fused-ring (bicyclic) bond motifs is 1. The van der Waals surface area contributed by atoms with E-state index in [-0.39, 0.29) is 0 Å². The number of benzene rings is 8.